The Morgan fingerprint density at radius 3 is 2.62 bits per heavy atom. The average Bonchev–Trinajstić information content (AvgIpc) is 2.33. The van der Waals surface area contributed by atoms with Gasteiger partial charge in [0.2, 0.25) is 0 Å². The smallest absolute Gasteiger partial charge is 0.118 e. The highest BCUT2D eigenvalue weighted by Gasteiger charge is 2.15. The van der Waals surface area contributed by atoms with Crippen LogP contribution in [0, 0.1) is 0 Å². The topological polar surface area (TPSA) is 21.3 Å². The Labute approximate surface area is 104 Å². The Morgan fingerprint density at radius 2 is 2.06 bits per heavy atom. The Bertz CT molecular complexity index is 422. The number of hydrogen-bond acceptors (Lipinski definition) is 2. The van der Waals surface area contributed by atoms with Crippen LogP contribution in [0.2, 0.25) is 0 Å². The zero-order chi connectivity index (χ0) is 11.5. The first kappa shape index (κ1) is 11.3. The third-order valence-electron chi connectivity index (χ3n) is 2.60. The maximum absolute atomic E-state index is 5.13. The fraction of sp³-hybridized carbons (Fsp3) is 0.231. The number of nitrogens with one attached hydrogen (secondary N) is 1. The maximum Gasteiger partial charge on any atom is 0.118 e. The van der Waals surface area contributed by atoms with E-state index in [1.807, 2.05) is 24.3 Å². The Morgan fingerprint density at radius 1 is 1.38 bits per heavy atom. The molecule has 1 N–H and O–H groups in total. The molecule has 3 heteroatoms. The van der Waals surface area contributed by atoms with E-state index in [1.54, 1.807) is 7.11 Å². The molecule has 0 radical (unpaired) electrons. The van der Waals surface area contributed by atoms with Gasteiger partial charge in [0.25, 0.3) is 0 Å². The number of methoxy groups -OCH3 is 1. The lowest BCUT2D eigenvalue weighted by molar-refractivity contribution is 0.415. The van der Waals surface area contributed by atoms with E-state index in [0.29, 0.717) is 4.83 Å². The van der Waals surface area contributed by atoms with Gasteiger partial charge in [-0.15, -0.1) is 0 Å². The average molecular weight is 280 g/mol. The highest BCUT2D eigenvalue weighted by Crippen LogP contribution is 2.25. The first-order chi connectivity index (χ1) is 7.70. The molecule has 84 valence electrons. The number of hydrogen-bond donors (Lipinski definition) is 1. The number of allylic oxidation sites excluding steroid dienone is 2. The van der Waals surface area contributed by atoms with Gasteiger partial charge in [-0.05, 0) is 36.2 Å². The van der Waals surface area contributed by atoms with Gasteiger partial charge in [-0.2, -0.15) is 0 Å². The molecule has 1 aromatic carbocycles. The van der Waals surface area contributed by atoms with E-state index >= 15 is 0 Å². The highest BCUT2D eigenvalue weighted by molar-refractivity contribution is 9.09. The molecule has 0 aromatic heterocycles. The van der Waals surface area contributed by atoms with E-state index in [2.05, 4.69) is 33.9 Å². The van der Waals surface area contributed by atoms with Crippen molar-refractivity contribution < 1.29 is 4.74 Å². The van der Waals surface area contributed by atoms with Crippen LogP contribution < -0.4 is 10.1 Å². The molecule has 1 aliphatic heterocycles. The summed E-state index contributed by atoms with van der Waals surface area (Å²) in [5.41, 5.74) is 3.28. The van der Waals surface area contributed by atoms with Gasteiger partial charge in [0.05, 0.1) is 11.9 Å². The molecule has 1 aliphatic rings. The van der Waals surface area contributed by atoms with Crippen LogP contribution in [0.3, 0.4) is 0 Å². The second-order valence-electron chi connectivity index (χ2n) is 3.70. The molecule has 0 spiro atoms. The molecule has 2 rings (SSSR count). The van der Waals surface area contributed by atoms with Crippen LogP contribution in [-0.4, -0.2) is 11.9 Å². The first-order valence-electron chi connectivity index (χ1n) is 5.15. The minimum absolute atomic E-state index is 0.328. The fourth-order valence-electron chi connectivity index (χ4n) is 1.63. The zero-order valence-electron chi connectivity index (χ0n) is 9.16. The monoisotopic (exact) mass is 279 g/mol. The number of alkyl halides is 1. The SMILES string of the molecule is C=C1NC(c2ccc(OC)cc2)=CCC1Br. The largest absolute Gasteiger partial charge is 0.497 e. The fourth-order valence-corrected chi connectivity index (χ4v) is 1.93. The van der Waals surface area contributed by atoms with Crippen LogP contribution in [0.25, 0.3) is 5.70 Å². The minimum atomic E-state index is 0.328. The number of rotatable bonds is 2. The normalized spacial score (nSPS) is 20.0. The van der Waals surface area contributed by atoms with E-state index < -0.39 is 0 Å². The maximum atomic E-state index is 5.13. The van der Waals surface area contributed by atoms with Gasteiger partial charge in [-0.3, -0.25) is 0 Å². The van der Waals surface area contributed by atoms with Gasteiger partial charge in [0, 0.05) is 11.4 Å². The third-order valence-corrected chi connectivity index (χ3v) is 3.53. The molecule has 1 aromatic rings. The molecule has 0 fully saturated rings. The van der Waals surface area contributed by atoms with Crippen molar-refractivity contribution in [1.82, 2.24) is 5.32 Å². The van der Waals surface area contributed by atoms with Crippen molar-refractivity contribution in [3.8, 4) is 5.75 Å². The summed E-state index contributed by atoms with van der Waals surface area (Å²) < 4.78 is 5.13. The van der Waals surface area contributed by atoms with Gasteiger partial charge in [0.1, 0.15) is 5.75 Å². The van der Waals surface area contributed by atoms with E-state index in [4.69, 9.17) is 4.74 Å². The molecule has 0 aliphatic carbocycles. The van der Waals surface area contributed by atoms with Crippen LogP contribution in [-0.2, 0) is 0 Å². The predicted molar refractivity (Wildman–Crippen MR) is 70.6 cm³/mol. The van der Waals surface area contributed by atoms with Crippen molar-refractivity contribution in [1.29, 1.82) is 0 Å². The molecule has 1 unspecified atom stereocenters. The van der Waals surface area contributed by atoms with Crippen LogP contribution >= 0.6 is 15.9 Å². The van der Waals surface area contributed by atoms with Crippen molar-refractivity contribution >= 4 is 21.6 Å². The van der Waals surface area contributed by atoms with Crippen molar-refractivity contribution in [2.24, 2.45) is 0 Å². The molecular formula is C13H14BrNO. The van der Waals surface area contributed by atoms with Gasteiger partial charge in [0.15, 0.2) is 0 Å². The summed E-state index contributed by atoms with van der Waals surface area (Å²) in [7, 11) is 1.67. The molecule has 0 amide bonds. The summed E-state index contributed by atoms with van der Waals surface area (Å²) in [6, 6.07) is 8.00. The zero-order valence-corrected chi connectivity index (χ0v) is 10.8. The molecule has 2 nitrogen and oxygen atoms in total. The summed E-state index contributed by atoms with van der Waals surface area (Å²) in [5, 5.41) is 3.30. The van der Waals surface area contributed by atoms with Crippen LogP contribution in [0.5, 0.6) is 5.75 Å². The van der Waals surface area contributed by atoms with Crippen LogP contribution in [0.1, 0.15) is 12.0 Å². The standard InChI is InChI=1S/C13H14BrNO/c1-9-12(14)7-8-13(15-9)10-3-5-11(16-2)6-4-10/h3-6,8,12,15H,1,7H2,2H3. The Kier molecular flexibility index (Phi) is 3.34. The molecule has 0 saturated carbocycles. The molecule has 1 atom stereocenters. The molecule has 1 heterocycles. The lowest BCUT2D eigenvalue weighted by Crippen LogP contribution is -2.22. The molecule has 0 saturated heterocycles. The summed E-state index contributed by atoms with van der Waals surface area (Å²) >= 11 is 3.55. The van der Waals surface area contributed by atoms with Crippen molar-refractivity contribution in [3.05, 3.63) is 48.2 Å². The van der Waals surface area contributed by atoms with E-state index in [-0.39, 0.29) is 0 Å². The van der Waals surface area contributed by atoms with Gasteiger partial charge < -0.3 is 10.1 Å². The number of benzene rings is 1. The lowest BCUT2D eigenvalue weighted by atomic mass is 10.1. The van der Waals surface area contributed by atoms with Crippen LogP contribution in [0.15, 0.2) is 42.6 Å². The third kappa shape index (κ3) is 2.30. The Hall–Kier alpha value is -1.22. The van der Waals surface area contributed by atoms with E-state index in [1.165, 1.54) is 0 Å². The lowest BCUT2D eigenvalue weighted by Gasteiger charge is -2.22. The van der Waals surface area contributed by atoms with Gasteiger partial charge in [-0.25, -0.2) is 0 Å². The van der Waals surface area contributed by atoms with Crippen LogP contribution in [0.4, 0.5) is 0 Å². The van der Waals surface area contributed by atoms with Crippen molar-refractivity contribution in [3.63, 3.8) is 0 Å². The highest BCUT2D eigenvalue weighted by atomic mass is 79.9. The molecular weight excluding hydrogens is 266 g/mol. The van der Waals surface area contributed by atoms with Crippen molar-refractivity contribution in [2.75, 3.05) is 7.11 Å². The Balaban J connectivity index is 2.21. The number of halogens is 1. The minimum Gasteiger partial charge on any atom is -0.497 e. The van der Waals surface area contributed by atoms with Gasteiger partial charge >= 0.3 is 0 Å². The van der Waals surface area contributed by atoms with Crippen molar-refractivity contribution in [2.45, 2.75) is 11.2 Å². The quantitative estimate of drug-likeness (QED) is 0.839. The first-order valence-corrected chi connectivity index (χ1v) is 6.07. The molecule has 16 heavy (non-hydrogen) atoms. The summed E-state index contributed by atoms with van der Waals surface area (Å²) in [6.45, 7) is 3.98. The summed E-state index contributed by atoms with van der Waals surface area (Å²) in [6.07, 6.45) is 3.14. The second-order valence-corrected chi connectivity index (χ2v) is 4.81. The molecule has 0 bridgehead atoms. The second kappa shape index (κ2) is 4.74. The van der Waals surface area contributed by atoms with Gasteiger partial charge in [-0.1, -0.05) is 28.6 Å². The van der Waals surface area contributed by atoms with E-state index in [9.17, 15) is 0 Å². The summed E-state index contributed by atoms with van der Waals surface area (Å²) in [5.74, 6) is 0.873. The van der Waals surface area contributed by atoms with E-state index in [0.717, 1.165) is 29.1 Å². The predicted octanol–water partition coefficient (Wildman–Crippen LogP) is 3.31. The summed E-state index contributed by atoms with van der Waals surface area (Å²) in [4.78, 5) is 0.328. The number of ether oxygens (including phenoxy) is 1.